The van der Waals surface area contributed by atoms with Gasteiger partial charge in [-0.3, -0.25) is 14.5 Å². The summed E-state index contributed by atoms with van der Waals surface area (Å²) in [4.78, 5) is 27.5. The molecular weight excluding hydrogens is 442 g/mol. The molecule has 154 valence electrons. The maximum atomic E-state index is 13.1. The fourth-order valence-corrected chi connectivity index (χ4v) is 3.54. The van der Waals surface area contributed by atoms with Gasteiger partial charge < -0.3 is 10.6 Å². The number of carbonyl (C=O) groups is 2. The van der Waals surface area contributed by atoms with E-state index in [-0.39, 0.29) is 18.4 Å². The van der Waals surface area contributed by atoms with Crippen LogP contribution < -0.4 is 10.6 Å². The molecule has 30 heavy (non-hydrogen) atoms. The number of aryl methyl sites for hydroxylation is 1. The summed E-state index contributed by atoms with van der Waals surface area (Å²) in [7, 11) is 1.77. The third kappa shape index (κ3) is 5.78. The molecule has 0 saturated carbocycles. The molecule has 0 aliphatic carbocycles. The van der Waals surface area contributed by atoms with Crippen molar-refractivity contribution in [2.24, 2.45) is 0 Å². The summed E-state index contributed by atoms with van der Waals surface area (Å²) in [6, 6.07) is 23.9. The van der Waals surface area contributed by atoms with Gasteiger partial charge in [-0.2, -0.15) is 0 Å². The lowest BCUT2D eigenvalue weighted by Gasteiger charge is -2.27. The Balaban J connectivity index is 1.76. The standard InChI is InChI=1S/C24H24BrN3O2/c1-17-12-14-19(15-13-17)26-24(30)23(18-8-4-3-5-9-18)28(2)16-22(29)27-21-11-7-6-10-20(21)25/h3-15,23H,16H2,1-2H3,(H,26,30)(H,27,29)/t23-/m0/s1. The van der Waals surface area contributed by atoms with Gasteiger partial charge in [-0.15, -0.1) is 0 Å². The molecule has 0 heterocycles. The Morgan fingerprint density at radius 3 is 2.20 bits per heavy atom. The van der Waals surface area contributed by atoms with Crippen LogP contribution in [0.4, 0.5) is 11.4 Å². The fourth-order valence-electron chi connectivity index (χ4n) is 3.16. The van der Waals surface area contributed by atoms with Crippen LogP contribution in [0.5, 0.6) is 0 Å². The summed E-state index contributed by atoms with van der Waals surface area (Å²) < 4.78 is 0.803. The molecule has 2 amide bonds. The Hall–Kier alpha value is -2.96. The molecule has 0 aromatic heterocycles. The van der Waals surface area contributed by atoms with Crippen molar-refractivity contribution in [2.75, 3.05) is 24.2 Å². The molecule has 0 unspecified atom stereocenters. The largest absolute Gasteiger partial charge is 0.324 e. The van der Waals surface area contributed by atoms with Gasteiger partial charge in [-0.05, 0) is 59.7 Å². The zero-order valence-electron chi connectivity index (χ0n) is 16.9. The number of nitrogens with one attached hydrogen (secondary N) is 2. The Labute approximate surface area is 185 Å². The van der Waals surface area contributed by atoms with Gasteiger partial charge in [-0.25, -0.2) is 0 Å². The van der Waals surface area contributed by atoms with Crippen LogP contribution >= 0.6 is 15.9 Å². The molecule has 0 aliphatic rings. The van der Waals surface area contributed by atoms with E-state index in [4.69, 9.17) is 0 Å². The number of halogens is 1. The number of hydrogen-bond acceptors (Lipinski definition) is 3. The second-order valence-electron chi connectivity index (χ2n) is 7.11. The third-order valence-corrected chi connectivity index (χ3v) is 5.36. The molecule has 0 saturated heterocycles. The van der Waals surface area contributed by atoms with Crippen LogP contribution in [-0.4, -0.2) is 30.3 Å². The van der Waals surface area contributed by atoms with Gasteiger partial charge in [0.25, 0.3) is 0 Å². The number of para-hydroxylation sites is 1. The number of amides is 2. The van der Waals surface area contributed by atoms with Crippen molar-refractivity contribution < 1.29 is 9.59 Å². The highest BCUT2D eigenvalue weighted by atomic mass is 79.9. The maximum absolute atomic E-state index is 13.1. The Kier molecular flexibility index (Phi) is 7.38. The van der Waals surface area contributed by atoms with Crippen LogP contribution in [0.25, 0.3) is 0 Å². The molecule has 3 aromatic carbocycles. The van der Waals surface area contributed by atoms with Gasteiger partial charge in [-0.1, -0.05) is 60.2 Å². The fraction of sp³-hybridized carbons (Fsp3) is 0.167. The smallest absolute Gasteiger partial charge is 0.246 e. The van der Waals surface area contributed by atoms with Crippen molar-refractivity contribution in [3.63, 3.8) is 0 Å². The van der Waals surface area contributed by atoms with Gasteiger partial charge in [0.05, 0.1) is 12.2 Å². The van der Waals surface area contributed by atoms with Crippen LogP contribution in [0.2, 0.25) is 0 Å². The molecule has 6 heteroatoms. The average Bonchev–Trinajstić information content (AvgIpc) is 2.72. The minimum Gasteiger partial charge on any atom is -0.324 e. The number of carbonyl (C=O) groups excluding carboxylic acids is 2. The quantitative estimate of drug-likeness (QED) is 0.515. The summed E-state index contributed by atoms with van der Waals surface area (Å²) in [5.74, 6) is -0.394. The van der Waals surface area contributed by atoms with Crippen molar-refractivity contribution >= 4 is 39.1 Å². The first kappa shape index (κ1) is 21.7. The van der Waals surface area contributed by atoms with E-state index >= 15 is 0 Å². The highest BCUT2D eigenvalue weighted by molar-refractivity contribution is 9.10. The van der Waals surface area contributed by atoms with Crippen LogP contribution in [0.1, 0.15) is 17.2 Å². The highest BCUT2D eigenvalue weighted by Crippen LogP contribution is 2.24. The van der Waals surface area contributed by atoms with E-state index in [0.29, 0.717) is 5.69 Å². The van der Waals surface area contributed by atoms with Gasteiger partial charge in [0, 0.05) is 10.2 Å². The lowest BCUT2D eigenvalue weighted by atomic mass is 10.0. The predicted molar refractivity (Wildman–Crippen MR) is 124 cm³/mol. The highest BCUT2D eigenvalue weighted by Gasteiger charge is 2.26. The number of hydrogen-bond donors (Lipinski definition) is 2. The lowest BCUT2D eigenvalue weighted by molar-refractivity contribution is -0.123. The predicted octanol–water partition coefficient (Wildman–Crippen LogP) is 5.01. The summed E-state index contributed by atoms with van der Waals surface area (Å²) >= 11 is 3.43. The van der Waals surface area contributed by atoms with Gasteiger partial charge in [0.1, 0.15) is 6.04 Å². The van der Waals surface area contributed by atoms with Crippen LogP contribution in [0.15, 0.2) is 83.3 Å². The molecule has 3 rings (SSSR count). The summed E-state index contributed by atoms with van der Waals surface area (Å²) in [6.45, 7) is 2.05. The van der Waals surface area contributed by atoms with Gasteiger partial charge >= 0.3 is 0 Å². The number of rotatable bonds is 7. The van der Waals surface area contributed by atoms with Crippen molar-refractivity contribution in [1.29, 1.82) is 0 Å². The summed E-state index contributed by atoms with van der Waals surface area (Å²) in [5, 5.41) is 5.84. The van der Waals surface area contributed by atoms with Crippen molar-refractivity contribution in [1.82, 2.24) is 4.90 Å². The molecule has 5 nitrogen and oxygen atoms in total. The molecule has 2 N–H and O–H groups in total. The zero-order chi connectivity index (χ0) is 21.5. The monoisotopic (exact) mass is 465 g/mol. The van der Waals surface area contributed by atoms with Crippen molar-refractivity contribution in [2.45, 2.75) is 13.0 Å². The molecule has 0 radical (unpaired) electrons. The minimum atomic E-state index is -0.613. The Morgan fingerprint density at radius 2 is 1.53 bits per heavy atom. The number of likely N-dealkylation sites (N-methyl/N-ethyl adjacent to an activating group) is 1. The molecule has 0 aliphatic heterocycles. The molecule has 3 aromatic rings. The van der Waals surface area contributed by atoms with Crippen molar-refractivity contribution in [3.05, 3.63) is 94.5 Å². The second-order valence-corrected chi connectivity index (χ2v) is 7.97. The van der Waals surface area contributed by atoms with E-state index in [1.807, 2.05) is 85.8 Å². The molecule has 0 spiro atoms. The zero-order valence-corrected chi connectivity index (χ0v) is 18.5. The number of anilines is 2. The molecule has 0 fully saturated rings. The van der Waals surface area contributed by atoms with E-state index < -0.39 is 6.04 Å². The van der Waals surface area contributed by atoms with E-state index in [0.717, 1.165) is 21.3 Å². The Bertz CT molecular complexity index is 1010. The molecule has 1 atom stereocenters. The van der Waals surface area contributed by atoms with E-state index in [9.17, 15) is 9.59 Å². The number of benzene rings is 3. The van der Waals surface area contributed by atoms with Crippen LogP contribution in [-0.2, 0) is 9.59 Å². The molecular formula is C24H24BrN3O2. The summed E-state index contributed by atoms with van der Waals surface area (Å²) in [5.41, 5.74) is 3.35. The van der Waals surface area contributed by atoms with E-state index in [1.54, 1.807) is 11.9 Å². The SMILES string of the molecule is Cc1ccc(NC(=O)[C@H](c2ccccc2)N(C)CC(=O)Nc2ccccc2Br)cc1. The first-order chi connectivity index (χ1) is 14.4. The first-order valence-electron chi connectivity index (χ1n) is 9.61. The topological polar surface area (TPSA) is 61.4 Å². The van der Waals surface area contributed by atoms with Crippen LogP contribution in [0, 0.1) is 6.92 Å². The second kappa shape index (κ2) is 10.2. The average molecular weight is 466 g/mol. The van der Waals surface area contributed by atoms with Crippen LogP contribution in [0.3, 0.4) is 0 Å². The number of nitrogens with zero attached hydrogens (tertiary/aromatic N) is 1. The third-order valence-electron chi connectivity index (χ3n) is 4.66. The lowest BCUT2D eigenvalue weighted by Crippen LogP contribution is -2.39. The van der Waals surface area contributed by atoms with Gasteiger partial charge in [0.15, 0.2) is 0 Å². The van der Waals surface area contributed by atoms with E-state index in [1.165, 1.54) is 0 Å². The minimum absolute atomic E-state index is 0.0578. The first-order valence-corrected chi connectivity index (χ1v) is 10.4. The van der Waals surface area contributed by atoms with Gasteiger partial charge in [0.2, 0.25) is 11.8 Å². The normalized spacial score (nSPS) is 11.7. The Morgan fingerprint density at radius 1 is 0.900 bits per heavy atom. The van der Waals surface area contributed by atoms with Crippen molar-refractivity contribution in [3.8, 4) is 0 Å². The summed E-state index contributed by atoms with van der Waals surface area (Å²) in [6.07, 6.45) is 0. The maximum Gasteiger partial charge on any atom is 0.246 e. The molecule has 0 bridgehead atoms. The van der Waals surface area contributed by atoms with E-state index in [2.05, 4.69) is 26.6 Å².